The van der Waals surface area contributed by atoms with Gasteiger partial charge in [0.1, 0.15) is 6.10 Å². The molecule has 0 aromatic rings. The van der Waals surface area contributed by atoms with Crippen molar-refractivity contribution in [3.05, 3.63) is 0 Å². The van der Waals surface area contributed by atoms with Gasteiger partial charge >= 0.3 is 0 Å². The maximum atomic E-state index is 5.73. The van der Waals surface area contributed by atoms with E-state index in [9.17, 15) is 0 Å². The van der Waals surface area contributed by atoms with E-state index in [0.717, 1.165) is 18.9 Å². The van der Waals surface area contributed by atoms with Crippen LogP contribution in [0.4, 0.5) is 0 Å². The third kappa shape index (κ3) is 1.50. The topological polar surface area (TPSA) is 18.5 Å². The van der Waals surface area contributed by atoms with Crippen LogP contribution < -0.4 is 0 Å². The number of fused-ring (bicyclic) bond motifs is 1. The van der Waals surface area contributed by atoms with Gasteiger partial charge in [0.2, 0.25) is 0 Å². The minimum atomic E-state index is 0.398. The Kier molecular flexibility index (Phi) is 2.37. The van der Waals surface area contributed by atoms with Gasteiger partial charge in [0.25, 0.3) is 0 Å². The van der Waals surface area contributed by atoms with Crippen LogP contribution in [-0.4, -0.2) is 24.9 Å². The summed E-state index contributed by atoms with van der Waals surface area (Å²) in [6, 6.07) is 0. The van der Waals surface area contributed by atoms with Crippen molar-refractivity contribution in [2.75, 3.05) is 6.61 Å². The van der Waals surface area contributed by atoms with E-state index in [4.69, 9.17) is 9.47 Å². The predicted octanol–water partition coefficient (Wildman–Crippen LogP) is 1.98. The lowest BCUT2D eigenvalue weighted by Crippen LogP contribution is -2.57. The summed E-state index contributed by atoms with van der Waals surface area (Å²) in [7, 11) is 0. The van der Waals surface area contributed by atoms with E-state index < -0.39 is 0 Å². The van der Waals surface area contributed by atoms with Gasteiger partial charge in [-0.1, -0.05) is 13.8 Å². The SMILES string of the molecule is CC(C)C[C@H]1O[C@@H]2CCCO[C@H]21. The van der Waals surface area contributed by atoms with Crippen molar-refractivity contribution < 1.29 is 9.47 Å². The van der Waals surface area contributed by atoms with Gasteiger partial charge in [0.15, 0.2) is 0 Å². The Balaban J connectivity index is 1.81. The quantitative estimate of drug-likeness (QED) is 0.631. The minimum Gasteiger partial charge on any atom is -0.373 e. The molecule has 70 valence electrons. The molecular weight excluding hydrogens is 152 g/mol. The molecule has 0 bridgehead atoms. The second kappa shape index (κ2) is 3.35. The molecule has 2 aliphatic heterocycles. The lowest BCUT2D eigenvalue weighted by Gasteiger charge is -2.47. The first kappa shape index (κ1) is 8.52. The zero-order chi connectivity index (χ0) is 8.55. The molecule has 2 heteroatoms. The van der Waals surface area contributed by atoms with Gasteiger partial charge in [-0.25, -0.2) is 0 Å². The number of hydrogen-bond donors (Lipinski definition) is 0. The van der Waals surface area contributed by atoms with Crippen molar-refractivity contribution in [3.8, 4) is 0 Å². The number of ether oxygens (including phenoxy) is 2. The van der Waals surface area contributed by atoms with Crippen molar-refractivity contribution in [2.45, 2.75) is 51.4 Å². The Morgan fingerprint density at radius 2 is 2.25 bits per heavy atom. The fourth-order valence-corrected chi connectivity index (χ4v) is 2.13. The molecule has 2 heterocycles. The molecule has 0 radical (unpaired) electrons. The Morgan fingerprint density at radius 3 is 2.92 bits per heavy atom. The Labute approximate surface area is 74.2 Å². The average Bonchev–Trinajstić information content (AvgIpc) is 2.00. The van der Waals surface area contributed by atoms with Crippen LogP contribution in [0.5, 0.6) is 0 Å². The number of rotatable bonds is 2. The molecule has 0 amide bonds. The van der Waals surface area contributed by atoms with E-state index in [1.54, 1.807) is 0 Å². The maximum absolute atomic E-state index is 5.73. The molecule has 0 saturated carbocycles. The largest absolute Gasteiger partial charge is 0.373 e. The summed E-state index contributed by atoms with van der Waals surface area (Å²) in [5.74, 6) is 0.724. The highest BCUT2D eigenvalue weighted by atomic mass is 16.6. The molecule has 2 fully saturated rings. The summed E-state index contributed by atoms with van der Waals surface area (Å²) < 4.78 is 11.4. The van der Waals surface area contributed by atoms with E-state index in [0.29, 0.717) is 18.3 Å². The minimum absolute atomic E-state index is 0.398. The highest BCUT2D eigenvalue weighted by Gasteiger charge is 2.44. The van der Waals surface area contributed by atoms with Crippen LogP contribution >= 0.6 is 0 Å². The normalized spacial score (nSPS) is 40.8. The molecule has 0 N–H and O–H groups in total. The molecule has 0 aromatic heterocycles. The van der Waals surface area contributed by atoms with Crippen LogP contribution in [0, 0.1) is 5.92 Å². The average molecular weight is 170 g/mol. The van der Waals surface area contributed by atoms with Crippen molar-refractivity contribution in [1.29, 1.82) is 0 Å². The van der Waals surface area contributed by atoms with Gasteiger partial charge in [-0.2, -0.15) is 0 Å². The lowest BCUT2D eigenvalue weighted by atomic mass is 9.89. The second-order valence-corrected chi connectivity index (χ2v) is 4.32. The summed E-state index contributed by atoms with van der Waals surface area (Å²) in [4.78, 5) is 0. The molecular formula is C10H18O2. The van der Waals surface area contributed by atoms with Crippen molar-refractivity contribution in [3.63, 3.8) is 0 Å². The third-order valence-electron chi connectivity index (χ3n) is 2.73. The fourth-order valence-electron chi connectivity index (χ4n) is 2.13. The summed E-state index contributed by atoms with van der Waals surface area (Å²) >= 11 is 0. The summed E-state index contributed by atoms with van der Waals surface area (Å²) in [5.41, 5.74) is 0. The standard InChI is InChI=1S/C10H18O2/c1-7(2)6-9-10-8(12-9)4-3-5-11-10/h7-10H,3-6H2,1-2H3/t8-,9-,10-/m1/s1. The molecule has 0 aromatic carbocycles. The molecule has 0 spiro atoms. The Bertz CT molecular complexity index is 156. The first-order valence-electron chi connectivity index (χ1n) is 5.04. The van der Waals surface area contributed by atoms with Crippen molar-refractivity contribution in [1.82, 2.24) is 0 Å². The van der Waals surface area contributed by atoms with Crippen molar-refractivity contribution >= 4 is 0 Å². The third-order valence-corrected chi connectivity index (χ3v) is 2.73. The zero-order valence-electron chi connectivity index (χ0n) is 7.95. The van der Waals surface area contributed by atoms with Crippen LogP contribution in [0.2, 0.25) is 0 Å². The van der Waals surface area contributed by atoms with E-state index in [1.807, 2.05) is 0 Å². The molecule has 2 nitrogen and oxygen atoms in total. The molecule has 12 heavy (non-hydrogen) atoms. The van der Waals surface area contributed by atoms with Crippen LogP contribution in [0.25, 0.3) is 0 Å². The summed E-state index contributed by atoms with van der Waals surface area (Å²) in [6.07, 6.45) is 4.80. The highest BCUT2D eigenvalue weighted by molar-refractivity contribution is 4.92. The van der Waals surface area contributed by atoms with E-state index >= 15 is 0 Å². The predicted molar refractivity (Wildman–Crippen MR) is 47.1 cm³/mol. The van der Waals surface area contributed by atoms with Gasteiger partial charge in [0, 0.05) is 6.61 Å². The summed E-state index contributed by atoms with van der Waals surface area (Å²) in [5, 5.41) is 0. The molecule has 3 atom stereocenters. The second-order valence-electron chi connectivity index (χ2n) is 4.32. The monoisotopic (exact) mass is 170 g/mol. The Morgan fingerprint density at radius 1 is 1.42 bits per heavy atom. The van der Waals surface area contributed by atoms with Crippen LogP contribution in [-0.2, 0) is 9.47 Å². The van der Waals surface area contributed by atoms with Crippen LogP contribution in [0.1, 0.15) is 33.1 Å². The summed E-state index contributed by atoms with van der Waals surface area (Å²) in [6.45, 7) is 5.41. The smallest absolute Gasteiger partial charge is 0.110 e. The van der Waals surface area contributed by atoms with Gasteiger partial charge in [-0.15, -0.1) is 0 Å². The van der Waals surface area contributed by atoms with Gasteiger partial charge in [0.05, 0.1) is 12.2 Å². The molecule has 2 saturated heterocycles. The van der Waals surface area contributed by atoms with E-state index in [-0.39, 0.29) is 0 Å². The van der Waals surface area contributed by atoms with E-state index in [2.05, 4.69) is 13.8 Å². The van der Waals surface area contributed by atoms with Crippen molar-refractivity contribution in [2.24, 2.45) is 5.92 Å². The molecule has 2 rings (SSSR count). The molecule has 0 aliphatic carbocycles. The maximum Gasteiger partial charge on any atom is 0.110 e. The first-order chi connectivity index (χ1) is 5.77. The van der Waals surface area contributed by atoms with Gasteiger partial charge in [-0.3, -0.25) is 0 Å². The Hall–Kier alpha value is -0.0800. The number of hydrogen-bond acceptors (Lipinski definition) is 2. The van der Waals surface area contributed by atoms with Crippen LogP contribution in [0.3, 0.4) is 0 Å². The van der Waals surface area contributed by atoms with E-state index in [1.165, 1.54) is 12.8 Å². The van der Waals surface area contributed by atoms with Gasteiger partial charge in [-0.05, 0) is 25.2 Å². The fraction of sp³-hybridized carbons (Fsp3) is 1.00. The highest BCUT2D eigenvalue weighted by Crippen LogP contribution is 2.34. The zero-order valence-corrected chi connectivity index (χ0v) is 7.95. The molecule has 2 aliphatic rings. The van der Waals surface area contributed by atoms with Gasteiger partial charge < -0.3 is 9.47 Å². The lowest BCUT2D eigenvalue weighted by molar-refractivity contribution is -0.264. The van der Waals surface area contributed by atoms with Crippen LogP contribution in [0.15, 0.2) is 0 Å². The first-order valence-corrected chi connectivity index (χ1v) is 5.04. The molecule has 0 unspecified atom stereocenters.